The molecule has 1 aromatic heterocycles. The van der Waals surface area contributed by atoms with Crippen LogP contribution in [0.1, 0.15) is 112 Å². The molecule has 7 heteroatoms. The Hall–Kier alpha value is -2.70. The summed E-state index contributed by atoms with van der Waals surface area (Å²) < 4.78 is 6.48. The van der Waals surface area contributed by atoms with Gasteiger partial charge in [-0.15, -0.1) is 11.3 Å². The minimum atomic E-state index is -0.499. The lowest BCUT2D eigenvalue weighted by Gasteiger charge is -2.04. The fraction of sp³-hybridized carbons (Fsp3) is 0.469. The molecular weight excluding hydrogens is 528 g/mol. The van der Waals surface area contributed by atoms with E-state index in [1.807, 2.05) is 30.3 Å². The van der Waals surface area contributed by atoms with E-state index in [1.165, 1.54) is 82.0 Å². The highest BCUT2D eigenvalue weighted by atomic mass is 35.5. The van der Waals surface area contributed by atoms with Gasteiger partial charge >= 0.3 is 5.97 Å². The summed E-state index contributed by atoms with van der Waals surface area (Å²) in [5.74, 6) is -0.200. The number of hydrogen-bond donors (Lipinski definition) is 1. The molecular formula is C32H41ClN2O3S. The Kier molecular flexibility index (Phi) is 14.1. The highest BCUT2D eigenvalue weighted by molar-refractivity contribution is 7.21. The van der Waals surface area contributed by atoms with E-state index >= 15 is 0 Å². The maximum Gasteiger partial charge on any atom is 0.355 e. The van der Waals surface area contributed by atoms with Crippen LogP contribution in [0.2, 0.25) is 5.02 Å². The second-order valence-electron chi connectivity index (χ2n) is 9.99. The van der Waals surface area contributed by atoms with Crippen molar-refractivity contribution in [3.05, 3.63) is 64.0 Å². The van der Waals surface area contributed by atoms with Crippen molar-refractivity contribution in [2.24, 2.45) is 5.10 Å². The molecule has 0 bridgehead atoms. The zero-order chi connectivity index (χ0) is 27.7. The number of hydrogen-bond acceptors (Lipinski definition) is 5. The van der Waals surface area contributed by atoms with Crippen LogP contribution >= 0.6 is 22.9 Å². The Morgan fingerprint density at radius 1 is 0.872 bits per heavy atom. The van der Waals surface area contributed by atoms with Crippen LogP contribution in [0.3, 0.4) is 0 Å². The normalized spacial score (nSPS) is 11.3. The predicted molar refractivity (Wildman–Crippen MR) is 164 cm³/mol. The van der Waals surface area contributed by atoms with Gasteiger partial charge in [-0.25, -0.2) is 10.2 Å². The molecule has 39 heavy (non-hydrogen) atoms. The molecule has 0 unspecified atom stereocenters. The molecule has 0 spiro atoms. The van der Waals surface area contributed by atoms with Crippen LogP contribution in [0.15, 0.2) is 53.6 Å². The number of hydrazone groups is 1. The van der Waals surface area contributed by atoms with Crippen molar-refractivity contribution in [3.63, 3.8) is 0 Å². The maximum atomic E-state index is 12.7. The zero-order valence-corrected chi connectivity index (χ0v) is 24.6. The first-order valence-electron chi connectivity index (χ1n) is 14.4. The van der Waals surface area contributed by atoms with Crippen molar-refractivity contribution >= 4 is 51.1 Å². The van der Waals surface area contributed by atoms with E-state index in [2.05, 4.69) is 17.5 Å². The van der Waals surface area contributed by atoms with Crippen molar-refractivity contribution < 1.29 is 14.3 Å². The van der Waals surface area contributed by atoms with E-state index in [0.717, 1.165) is 22.9 Å². The van der Waals surface area contributed by atoms with Crippen LogP contribution in [-0.4, -0.2) is 18.1 Å². The molecule has 1 heterocycles. The van der Waals surface area contributed by atoms with Gasteiger partial charge in [0.1, 0.15) is 10.6 Å². The summed E-state index contributed by atoms with van der Waals surface area (Å²) >= 11 is 7.71. The van der Waals surface area contributed by atoms with E-state index in [4.69, 9.17) is 16.3 Å². The Bertz CT molecular complexity index is 1210. The second-order valence-corrected chi connectivity index (χ2v) is 11.4. The minimum Gasteiger partial charge on any atom is -0.422 e. The highest BCUT2D eigenvalue weighted by Crippen LogP contribution is 2.35. The van der Waals surface area contributed by atoms with Crippen LogP contribution in [0.5, 0.6) is 5.75 Å². The number of carbonyl (C=O) groups excluding carboxylic acids is 2. The number of esters is 1. The fourth-order valence-corrected chi connectivity index (χ4v) is 5.88. The zero-order valence-electron chi connectivity index (χ0n) is 23.1. The third-order valence-electron chi connectivity index (χ3n) is 6.70. The number of unbranched alkanes of at least 4 members (excludes halogenated alkanes) is 12. The molecule has 0 saturated heterocycles. The van der Waals surface area contributed by atoms with Gasteiger partial charge < -0.3 is 4.74 Å². The molecule has 0 radical (unpaired) electrons. The summed E-state index contributed by atoms with van der Waals surface area (Å²) in [5.41, 5.74) is 3.30. The van der Waals surface area contributed by atoms with Crippen molar-refractivity contribution in [3.8, 4) is 5.75 Å². The van der Waals surface area contributed by atoms with Gasteiger partial charge in [-0.1, -0.05) is 126 Å². The number of fused-ring (bicyclic) bond motifs is 1. The number of amides is 1. The molecule has 1 N–H and O–H groups in total. The first-order valence-corrected chi connectivity index (χ1v) is 15.6. The Balaban J connectivity index is 1.28. The van der Waals surface area contributed by atoms with Crippen LogP contribution < -0.4 is 10.2 Å². The second kappa shape index (κ2) is 17.8. The fourth-order valence-electron chi connectivity index (χ4n) is 4.50. The summed E-state index contributed by atoms with van der Waals surface area (Å²) in [7, 11) is 0. The molecule has 3 aromatic rings. The molecule has 5 nitrogen and oxygen atoms in total. The number of nitrogens with one attached hydrogen (secondary N) is 1. The number of carbonyl (C=O) groups is 2. The number of halogens is 1. The maximum absolute atomic E-state index is 12.7. The van der Waals surface area contributed by atoms with E-state index in [9.17, 15) is 9.59 Å². The van der Waals surface area contributed by atoms with E-state index in [0.29, 0.717) is 27.6 Å². The largest absolute Gasteiger partial charge is 0.422 e. The molecule has 0 aliphatic rings. The quantitative estimate of drug-likeness (QED) is 0.0546. The molecule has 0 saturated carbocycles. The first kappa shape index (κ1) is 30.8. The third kappa shape index (κ3) is 11.1. The van der Waals surface area contributed by atoms with Gasteiger partial charge in [0, 0.05) is 16.5 Å². The number of benzene rings is 2. The molecule has 210 valence electrons. The van der Waals surface area contributed by atoms with Crippen molar-refractivity contribution in [1.82, 2.24) is 5.43 Å². The molecule has 0 atom stereocenters. The number of thiophene rings is 1. The third-order valence-corrected chi connectivity index (χ3v) is 8.35. The molecule has 0 aliphatic carbocycles. The Morgan fingerprint density at radius 3 is 2.18 bits per heavy atom. The molecule has 0 fully saturated rings. The monoisotopic (exact) mass is 568 g/mol. The summed E-state index contributed by atoms with van der Waals surface area (Å²) in [5, 5.41) is 5.31. The van der Waals surface area contributed by atoms with Crippen LogP contribution in [0.4, 0.5) is 0 Å². The lowest BCUT2D eigenvalue weighted by Crippen LogP contribution is -2.16. The average molecular weight is 569 g/mol. The first-order chi connectivity index (χ1) is 19.1. The highest BCUT2D eigenvalue weighted by Gasteiger charge is 2.19. The number of nitrogens with zero attached hydrogens (tertiary/aromatic N) is 1. The van der Waals surface area contributed by atoms with E-state index in [1.54, 1.807) is 24.4 Å². The Morgan fingerprint density at radius 2 is 1.51 bits per heavy atom. The topological polar surface area (TPSA) is 67.8 Å². The summed E-state index contributed by atoms with van der Waals surface area (Å²) in [6.07, 6.45) is 18.7. The van der Waals surface area contributed by atoms with Gasteiger partial charge in [-0.2, -0.15) is 5.10 Å². The Labute approximate surface area is 242 Å². The van der Waals surface area contributed by atoms with Crippen LogP contribution in [0.25, 0.3) is 10.1 Å². The van der Waals surface area contributed by atoms with E-state index < -0.39 is 5.97 Å². The number of ether oxygens (including phenoxy) is 1. The van der Waals surface area contributed by atoms with Crippen LogP contribution in [0, 0.1) is 0 Å². The van der Waals surface area contributed by atoms with Crippen LogP contribution in [-0.2, 0) is 4.79 Å². The van der Waals surface area contributed by atoms with Crippen molar-refractivity contribution in [2.75, 3.05) is 0 Å². The molecule has 1 amide bonds. The summed E-state index contributed by atoms with van der Waals surface area (Å²) in [6.45, 7) is 2.26. The molecule has 0 aliphatic heterocycles. The van der Waals surface area contributed by atoms with E-state index in [-0.39, 0.29) is 5.91 Å². The number of rotatable bonds is 18. The van der Waals surface area contributed by atoms with Gasteiger partial charge in [-0.3, -0.25) is 4.79 Å². The van der Waals surface area contributed by atoms with Gasteiger partial charge in [0.05, 0.1) is 11.2 Å². The SMILES string of the molecule is CCCCCCCCCCCCCCCC(=O)N/N=C\c1cccc(OC(=O)c2sc3ccccc3c2Cl)c1. The molecule has 2 aromatic carbocycles. The minimum absolute atomic E-state index is 0.0868. The molecule has 3 rings (SSSR count). The smallest absolute Gasteiger partial charge is 0.355 e. The van der Waals surface area contributed by atoms with Crippen molar-refractivity contribution in [2.45, 2.75) is 96.8 Å². The average Bonchev–Trinajstić information content (AvgIpc) is 3.28. The lowest BCUT2D eigenvalue weighted by molar-refractivity contribution is -0.121. The van der Waals surface area contributed by atoms with Crippen molar-refractivity contribution in [1.29, 1.82) is 0 Å². The van der Waals surface area contributed by atoms with Gasteiger partial charge in [0.15, 0.2) is 0 Å². The van der Waals surface area contributed by atoms with Gasteiger partial charge in [0.2, 0.25) is 5.91 Å². The van der Waals surface area contributed by atoms with Gasteiger partial charge in [0.25, 0.3) is 0 Å². The summed E-state index contributed by atoms with van der Waals surface area (Å²) in [4.78, 5) is 25.2. The standard InChI is InChI=1S/C32H41ClN2O3S/c1-2-3-4-5-6-7-8-9-10-11-12-13-14-22-29(36)35-34-24-25-18-17-19-26(23-25)38-32(37)31-30(33)27-20-15-16-21-28(27)39-31/h15-21,23-24H,2-14,22H2,1H3,(H,35,36)/b34-24-. The predicted octanol–water partition coefficient (Wildman–Crippen LogP) is 9.71. The van der Waals surface area contributed by atoms with Gasteiger partial charge in [-0.05, 0) is 30.2 Å². The summed E-state index contributed by atoms with van der Waals surface area (Å²) in [6, 6.07) is 14.6. The lowest BCUT2D eigenvalue weighted by atomic mass is 10.0.